The van der Waals surface area contributed by atoms with Crippen LogP contribution in [0.4, 0.5) is 5.69 Å². The lowest BCUT2D eigenvalue weighted by molar-refractivity contribution is 0.266. The van der Waals surface area contributed by atoms with E-state index in [1.807, 2.05) is 0 Å². The molecule has 1 aliphatic heterocycles. The van der Waals surface area contributed by atoms with Crippen LogP contribution in [0.3, 0.4) is 0 Å². The number of rotatable bonds is 5. The van der Waals surface area contributed by atoms with Gasteiger partial charge < -0.3 is 15.1 Å². The summed E-state index contributed by atoms with van der Waals surface area (Å²) in [6, 6.07) is 8.77. The van der Waals surface area contributed by atoms with Crippen LogP contribution in [-0.2, 0) is 6.42 Å². The Labute approximate surface area is 164 Å². The van der Waals surface area contributed by atoms with Crippen LogP contribution < -0.4 is 10.2 Å². The molecular formula is C19H33IN4. The smallest absolute Gasteiger partial charge is 0.193 e. The fourth-order valence-corrected chi connectivity index (χ4v) is 3.06. The highest BCUT2D eigenvalue weighted by molar-refractivity contribution is 14.0. The molecule has 136 valence electrons. The lowest BCUT2D eigenvalue weighted by Gasteiger charge is -2.33. The average Bonchev–Trinajstić information content (AvgIpc) is 2.54. The number of benzene rings is 1. The van der Waals surface area contributed by atoms with Gasteiger partial charge in [-0.2, -0.15) is 0 Å². The number of hydrogen-bond acceptors (Lipinski definition) is 2. The number of nitrogens with one attached hydrogen (secondary N) is 1. The lowest BCUT2D eigenvalue weighted by atomic mass is 10.0. The Morgan fingerprint density at radius 3 is 2.58 bits per heavy atom. The lowest BCUT2D eigenvalue weighted by Crippen LogP contribution is -2.46. The molecule has 1 atom stereocenters. The summed E-state index contributed by atoms with van der Waals surface area (Å²) in [6.45, 7) is 8.51. The zero-order chi connectivity index (χ0) is 16.7. The molecule has 0 saturated carbocycles. The molecule has 0 spiro atoms. The van der Waals surface area contributed by atoms with Gasteiger partial charge in [-0.25, -0.2) is 0 Å². The van der Waals surface area contributed by atoms with Gasteiger partial charge in [-0.1, -0.05) is 19.1 Å². The molecule has 0 bridgehead atoms. The van der Waals surface area contributed by atoms with E-state index in [1.165, 1.54) is 24.1 Å². The van der Waals surface area contributed by atoms with Crippen molar-refractivity contribution < 1.29 is 0 Å². The van der Waals surface area contributed by atoms with Crippen molar-refractivity contribution in [2.24, 2.45) is 10.9 Å². The van der Waals surface area contributed by atoms with E-state index in [4.69, 9.17) is 4.99 Å². The third-order valence-electron chi connectivity index (χ3n) is 4.41. The van der Waals surface area contributed by atoms with Crippen molar-refractivity contribution in [1.29, 1.82) is 0 Å². The van der Waals surface area contributed by atoms with E-state index < -0.39 is 0 Å². The van der Waals surface area contributed by atoms with Crippen molar-refractivity contribution in [3.05, 3.63) is 29.8 Å². The van der Waals surface area contributed by atoms with E-state index in [0.29, 0.717) is 0 Å². The van der Waals surface area contributed by atoms with Gasteiger partial charge in [0.2, 0.25) is 0 Å². The Morgan fingerprint density at radius 1 is 1.29 bits per heavy atom. The Bertz CT molecular complexity index is 499. The summed E-state index contributed by atoms with van der Waals surface area (Å²) in [7, 11) is 4.14. The van der Waals surface area contributed by atoms with Crippen LogP contribution in [0.5, 0.6) is 0 Å². The molecule has 1 aromatic rings. The minimum absolute atomic E-state index is 0. The number of piperidine rings is 1. The molecule has 0 aliphatic carbocycles. The van der Waals surface area contributed by atoms with Crippen LogP contribution >= 0.6 is 24.0 Å². The highest BCUT2D eigenvalue weighted by atomic mass is 127. The van der Waals surface area contributed by atoms with Gasteiger partial charge in [-0.15, -0.1) is 24.0 Å². The number of halogens is 1. The summed E-state index contributed by atoms with van der Waals surface area (Å²) in [6.07, 6.45) is 3.61. The monoisotopic (exact) mass is 444 g/mol. The van der Waals surface area contributed by atoms with E-state index in [2.05, 4.69) is 67.3 Å². The predicted molar refractivity (Wildman–Crippen MR) is 116 cm³/mol. The first kappa shape index (κ1) is 21.1. The Balaban J connectivity index is 0.00000288. The molecular weight excluding hydrogens is 411 g/mol. The number of hydrogen-bond donors (Lipinski definition) is 1. The molecule has 1 aromatic carbocycles. The van der Waals surface area contributed by atoms with Gasteiger partial charge in [0.15, 0.2) is 5.96 Å². The minimum atomic E-state index is 0. The van der Waals surface area contributed by atoms with Crippen molar-refractivity contribution >= 4 is 35.6 Å². The van der Waals surface area contributed by atoms with Gasteiger partial charge >= 0.3 is 0 Å². The second-order valence-electron chi connectivity index (χ2n) is 6.74. The van der Waals surface area contributed by atoms with Crippen molar-refractivity contribution in [3.63, 3.8) is 0 Å². The van der Waals surface area contributed by atoms with Gasteiger partial charge in [0, 0.05) is 46.0 Å². The number of anilines is 1. The maximum absolute atomic E-state index is 4.85. The molecule has 1 N–H and O–H groups in total. The summed E-state index contributed by atoms with van der Waals surface area (Å²) in [5.41, 5.74) is 2.59. The average molecular weight is 444 g/mol. The first-order valence-electron chi connectivity index (χ1n) is 8.89. The molecule has 24 heavy (non-hydrogen) atoms. The maximum atomic E-state index is 4.85. The molecule has 0 amide bonds. The Morgan fingerprint density at radius 2 is 2.00 bits per heavy atom. The molecule has 1 fully saturated rings. The normalized spacial score (nSPS) is 18.1. The second-order valence-corrected chi connectivity index (χ2v) is 6.74. The molecule has 1 saturated heterocycles. The topological polar surface area (TPSA) is 30.9 Å². The van der Waals surface area contributed by atoms with E-state index in [9.17, 15) is 0 Å². The van der Waals surface area contributed by atoms with Crippen molar-refractivity contribution in [1.82, 2.24) is 10.2 Å². The molecule has 0 radical (unpaired) electrons. The maximum Gasteiger partial charge on any atom is 0.193 e. The van der Waals surface area contributed by atoms with Crippen molar-refractivity contribution in [2.75, 3.05) is 45.2 Å². The van der Waals surface area contributed by atoms with Gasteiger partial charge in [0.25, 0.3) is 0 Å². The van der Waals surface area contributed by atoms with E-state index in [0.717, 1.165) is 44.5 Å². The molecule has 1 unspecified atom stereocenters. The van der Waals surface area contributed by atoms with Crippen LogP contribution in [0.2, 0.25) is 0 Å². The second kappa shape index (κ2) is 10.8. The van der Waals surface area contributed by atoms with E-state index >= 15 is 0 Å². The van der Waals surface area contributed by atoms with Crippen LogP contribution in [0.15, 0.2) is 29.3 Å². The van der Waals surface area contributed by atoms with Crippen LogP contribution in [0, 0.1) is 5.92 Å². The Hall–Kier alpha value is -0.980. The van der Waals surface area contributed by atoms with Gasteiger partial charge in [-0.3, -0.25) is 4.99 Å². The zero-order valence-corrected chi connectivity index (χ0v) is 17.9. The quantitative estimate of drug-likeness (QED) is 0.428. The first-order valence-corrected chi connectivity index (χ1v) is 8.89. The van der Waals surface area contributed by atoms with Crippen molar-refractivity contribution in [3.8, 4) is 0 Å². The summed E-state index contributed by atoms with van der Waals surface area (Å²) in [5, 5.41) is 3.45. The summed E-state index contributed by atoms with van der Waals surface area (Å²) in [4.78, 5) is 9.40. The summed E-state index contributed by atoms with van der Waals surface area (Å²) < 4.78 is 0. The van der Waals surface area contributed by atoms with Gasteiger partial charge in [0.1, 0.15) is 0 Å². The highest BCUT2D eigenvalue weighted by Gasteiger charge is 2.18. The molecule has 1 aliphatic rings. The Kier molecular flexibility index (Phi) is 9.48. The molecule has 5 heteroatoms. The van der Waals surface area contributed by atoms with Crippen LogP contribution in [0.25, 0.3) is 0 Å². The molecule has 0 aromatic heterocycles. The van der Waals surface area contributed by atoms with Crippen LogP contribution in [-0.4, -0.2) is 51.1 Å². The third-order valence-corrected chi connectivity index (χ3v) is 4.41. The molecule has 2 rings (SSSR count). The van der Waals surface area contributed by atoms with E-state index in [1.54, 1.807) is 0 Å². The van der Waals surface area contributed by atoms with Crippen molar-refractivity contribution in [2.45, 2.75) is 33.1 Å². The highest BCUT2D eigenvalue weighted by Crippen LogP contribution is 2.16. The van der Waals surface area contributed by atoms with E-state index in [-0.39, 0.29) is 24.0 Å². The first-order chi connectivity index (χ1) is 11.1. The molecule has 1 heterocycles. The minimum Gasteiger partial charge on any atom is -0.378 e. The zero-order valence-electron chi connectivity index (χ0n) is 15.6. The van der Waals surface area contributed by atoms with Gasteiger partial charge in [0.05, 0.1) is 0 Å². The van der Waals surface area contributed by atoms with Crippen LogP contribution in [0.1, 0.15) is 32.3 Å². The summed E-state index contributed by atoms with van der Waals surface area (Å²) in [5.74, 6) is 1.86. The number of guanidine groups is 1. The number of nitrogens with zero attached hydrogens (tertiary/aromatic N) is 3. The number of aliphatic imine (C=N–C) groups is 1. The fourth-order valence-electron chi connectivity index (χ4n) is 3.06. The summed E-state index contributed by atoms with van der Waals surface area (Å²) >= 11 is 0. The van der Waals surface area contributed by atoms with Gasteiger partial charge in [-0.05, 0) is 49.8 Å². The number of likely N-dealkylation sites (tertiary alicyclic amines) is 1. The SMILES string of the molecule is CCNC(=NCCc1ccc(N(C)C)cc1)N1CCCC(C)C1.I. The predicted octanol–water partition coefficient (Wildman–Crippen LogP) is 3.61. The standard InChI is InChI=1S/C19H32N4.HI/c1-5-20-19(23-14-6-7-16(2)15-23)21-13-12-17-8-10-18(11-9-17)22(3)4;/h8-11,16H,5-7,12-15H2,1-4H3,(H,20,21);1H. The fraction of sp³-hybridized carbons (Fsp3) is 0.632. The third kappa shape index (κ3) is 6.49. The molecule has 4 nitrogen and oxygen atoms in total. The largest absolute Gasteiger partial charge is 0.378 e.